The van der Waals surface area contributed by atoms with Crippen LogP contribution in [-0.2, 0) is 13.1 Å². The molecular weight excluding hydrogens is 362 g/mol. The van der Waals surface area contributed by atoms with E-state index in [9.17, 15) is 0 Å². The lowest BCUT2D eigenvalue weighted by molar-refractivity contribution is 0.213. The molecule has 154 valence electrons. The molecule has 1 aromatic heterocycles. The summed E-state index contributed by atoms with van der Waals surface area (Å²) < 4.78 is 13.7. The predicted molar refractivity (Wildman–Crippen MR) is 117 cm³/mol. The van der Waals surface area contributed by atoms with Crippen LogP contribution in [0.1, 0.15) is 37.9 Å². The first-order valence-electron chi connectivity index (χ1n) is 10.8. The van der Waals surface area contributed by atoms with Crippen LogP contribution in [-0.4, -0.2) is 41.3 Å². The van der Waals surface area contributed by atoms with Gasteiger partial charge in [0.25, 0.3) is 0 Å². The molecule has 0 amide bonds. The first-order valence-corrected chi connectivity index (χ1v) is 10.8. The smallest absolute Gasteiger partial charge is 0.161 e. The van der Waals surface area contributed by atoms with Gasteiger partial charge in [-0.1, -0.05) is 30.7 Å². The third-order valence-corrected chi connectivity index (χ3v) is 5.65. The molecule has 0 bridgehead atoms. The molecule has 5 nitrogen and oxygen atoms in total. The number of benzene rings is 2. The number of ether oxygens (including phenoxy) is 2. The summed E-state index contributed by atoms with van der Waals surface area (Å²) in [6.45, 7) is 4.99. The zero-order chi connectivity index (χ0) is 19.9. The topological polar surface area (TPSA) is 39.5 Å². The number of piperidine rings is 1. The zero-order valence-electron chi connectivity index (χ0n) is 17.3. The number of aromatic nitrogens is 2. The molecule has 0 saturated carbocycles. The summed E-state index contributed by atoms with van der Waals surface area (Å²) in [6.07, 6.45) is 6.02. The van der Waals surface area contributed by atoms with Gasteiger partial charge in [-0.3, -0.25) is 4.90 Å². The molecule has 3 aromatic rings. The van der Waals surface area contributed by atoms with E-state index in [-0.39, 0.29) is 0 Å². The number of nitrogens with zero attached hydrogens (tertiary/aromatic N) is 3. The van der Waals surface area contributed by atoms with Crippen molar-refractivity contribution in [2.24, 2.45) is 0 Å². The van der Waals surface area contributed by atoms with Gasteiger partial charge in [-0.15, -0.1) is 0 Å². The summed E-state index contributed by atoms with van der Waals surface area (Å²) in [6, 6.07) is 16.3. The molecule has 1 aliphatic heterocycles. The number of para-hydroxylation sites is 4. The number of unbranched alkanes of at least 4 members (excludes halogenated alkanes) is 1. The third-order valence-electron chi connectivity index (χ3n) is 5.65. The molecule has 0 atom stereocenters. The van der Waals surface area contributed by atoms with E-state index in [0.29, 0.717) is 6.61 Å². The van der Waals surface area contributed by atoms with Crippen LogP contribution in [0, 0.1) is 0 Å². The Morgan fingerprint density at radius 3 is 2.48 bits per heavy atom. The van der Waals surface area contributed by atoms with Crippen LogP contribution in [0.25, 0.3) is 11.0 Å². The van der Waals surface area contributed by atoms with E-state index in [4.69, 9.17) is 14.5 Å². The van der Waals surface area contributed by atoms with Crippen LogP contribution in [0.2, 0.25) is 0 Å². The second kappa shape index (κ2) is 9.79. The number of likely N-dealkylation sites (tertiary alicyclic amines) is 1. The van der Waals surface area contributed by atoms with Crippen LogP contribution >= 0.6 is 0 Å². The lowest BCUT2D eigenvalue weighted by Crippen LogP contribution is -2.30. The van der Waals surface area contributed by atoms with Gasteiger partial charge in [0.2, 0.25) is 0 Å². The Hall–Kier alpha value is -2.53. The van der Waals surface area contributed by atoms with Crippen molar-refractivity contribution in [3.63, 3.8) is 0 Å². The van der Waals surface area contributed by atoms with Crippen molar-refractivity contribution in [1.29, 1.82) is 0 Å². The largest absolute Gasteiger partial charge is 0.493 e. The highest BCUT2D eigenvalue weighted by molar-refractivity contribution is 5.75. The minimum Gasteiger partial charge on any atom is -0.493 e. The Morgan fingerprint density at radius 2 is 1.66 bits per heavy atom. The van der Waals surface area contributed by atoms with Gasteiger partial charge in [0.05, 0.1) is 31.3 Å². The second-order valence-corrected chi connectivity index (χ2v) is 7.71. The number of methoxy groups -OCH3 is 1. The Morgan fingerprint density at radius 1 is 0.897 bits per heavy atom. The molecular formula is C24H31N3O2. The van der Waals surface area contributed by atoms with Crippen molar-refractivity contribution < 1.29 is 9.47 Å². The van der Waals surface area contributed by atoms with Crippen LogP contribution < -0.4 is 9.47 Å². The SMILES string of the molecule is COc1ccccc1OCCCCn1c(CN2CCCCC2)nc2ccccc21. The van der Waals surface area contributed by atoms with E-state index in [0.717, 1.165) is 42.9 Å². The average molecular weight is 394 g/mol. The molecule has 4 rings (SSSR count). The molecule has 0 spiro atoms. The fourth-order valence-electron chi connectivity index (χ4n) is 4.11. The Balaban J connectivity index is 1.37. The third kappa shape index (κ3) is 4.91. The molecule has 29 heavy (non-hydrogen) atoms. The summed E-state index contributed by atoms with van der Waals surface area (Å²) in [5, 5.41) is 0. The van der Waals surface area contributed by atoms with Crippen LogP contribution in [0.3, 0.4) is 0 Å². The number of hydrogen-bond donors (Lipinski definition) is 0. The molecule has 1 saturated heterocycles. The van der Waals surface area contributed by atoms with Crippen molar-refractivity contribution >= 4 is 11.0 Å². The van der Waals surface area contributed by atoms with Crippen LogP contribution in [0.5, 0.6) is 11.5 Å². The van der Waals surface area contributed by atoms with Gasteiger partial charge in [0.1, 0.15) is 5.82 Å². The first-order chi connectivity index (χ1) is 14.3. The van der Waals surface area contributed by atoms with Gasteiger partial charge in [-0.2, -0.15) is 0 Å². The summed E-state index contributed by atoms with van der Waals surface area (Å²) in [5.74, 6) is 2.80. The van der Waals surface area contributed by atoms with E-state index < -0.39 is 0 Å². The van der Waals surface area contributed by atoms with Crippen molar-refractivity contribution in [3.05, 3.63) is 54.4 Å². The van der Waals surface area contributed by atoms with Gasteiger partial charge < -0.3 is 14.0 Å². The van der Waals surface area contributed by atoms with Crippen molar-refractivity contribution in [2.75, 3.05) is 26.8 Å². The van der Waals surface area contributed by atoms with E-state index in [1.54, 1.807) is 7.11 Å². The van der Waals surface area contributed by atoms with Gasteiger partial charge in [-0.25, -0.2) is 4.98 Å². The fourth-order valence-corrected chi connectivity index (χ4v) is 4.11. The highest BCUT2D eigenvalue weighted by Crippen LogP contribution is 2.26. The average Bonchev–Trinajstić information content (AvgIpc) is 3.11. The Bertz CT molecular complexity index is 915. The molecule has 1 fully saturated rings. The number of aryl methyl sites for hydroxylation is 1. The second-order valence-electron chi connectivity index (χ2n) is 7.71. The molecule has 5 heteroatoms. The number of fused-ring (bicyclic) bond motifs is 1. The highest BCUT2D eigenvalue weighted by Gasteiger charge is 2.16. The quantitative estimate of drug-likeness (QED) is 0.485. The van der Waals surface area contributed by atoms with Gasteiger partial charge in [-0.05, 0) is 63.0 Å². The maximum atomic E-state index is 5.93. The zero-order valence-corrected chi connectivity index (χ0v) is 17.3. The predicted octanol–water partition coefficient (Wildman–Crippen LogP) is 4.89. The normalized spacial score (nSPS) is 14.9. The molecule has 2 heterocycles. The van der Waals surface area contributed by atoms with Crippen molar-refractivity contribution in [3.8, 4) is 11.5 Å². The lowest BCUT2D eigenvalue weighted by atomic mass is 10.1. The minimum absolute atomic E-state index is 0.689. The summed E-state index contributed by atoms with van der Waals surface area (Å²) in [4.78, 5) is 7.50. The van der Waals surface area contributed by atoms with E-state index in [1.807, 2.05) is 24.3 Å². The van der Waals surface area contributed by atoms with Crippen LogP contribution in [0.4, 0.5) is 0 Å². The number of rotatable bonds is 9. The molecule has 2 aromatic carbocycles. The van der Waals surface area contributed by atoms with Crippen molar-refractivity contribution in [1.82, 2.24) is 14.5 Å². The van der Waals surface area contributed by atoms with Crippen LogP contribution in [0.15, 0.2) is 48.5 Å². The van der Waals surface area contributed by atoms with Gasteiger partial charge >= 0.3 is 0 Å². The monoisotopic (exact) mass is 393 g/mol. The first kappa shape index (κ1) is 19.8. The standard InChI is InChI=1S/C24H31N3O2/c1-28-22-13-5-6-14-23(22)29-18-10-9-17-27-21-12-4-3-11-20(21)25-24(27)19-26-15-7-2-8-16-26/h3-6,11-14H,2,7-10,15-19H2,1H3. The minimum atomic E-state index is 0.689. The van der Waals surface area contributed by atoms with E-state index in [2.05, 4.69) is 33.7 Å². The summed E-state index contributed by atoms with van der Waals surface area (Å²) in [5.41, 5.74) is 2.34. The molecule has 0 radical (unpaired) electrons. The highest BCUT2D eigenvalue weighted by atomic mass is 16.5. The van der Waals surface area contributed by atoms with Crippen molar-refractivity contribution in [2.45, 2.75) is 45.2 Å². The maximum absolute atomic E-state index is 5.93. The Kier molecular flexibility index (Phi) is 6.67. The molecule has 0 N–H and O–H groups in total. The van der Waals surface area contributed by atoms with E-state index >= 15 is 0 Å². The van der Waals surface area contributed by atoms with Gasteiger partial charge in [0, 0.05) is 6.54 Å². The lowest BCUT2D eigenvalue weighted by Gasteiger charge is -2.26. The van der Waals surface area contributed by atoms with Gasteiger partial charge in [0.15, 0.2) is 11.5 Å². The summed E-state index contributed by atoms with van der Waals surface area (Å²) in [7, 11) is 1.68. The van der Waals surface area contributed by atoms with E-state index in [1.165, 1.54) is 43.7 Å². The number of hydrogen-bond acceptors (Lipinski definition) is 4. The number of imidazole rings is 1. The molecule has 1 aliphatic rings. The maximum Gasteiger partial charge on any atom is 0.161 e. The fraction of sp³-hybridized carbons (Fsp3) is 0.458. The Labute approximate surface area is 173 Å². The molecule has 0 aliphatic carbocycles. The molecule has 0 unspecified atom stereocenters. The summed E-state index contributed by atoms with van der Waals surface area (Å²) >= 11 is 0.